The van der Waals surface area contributed by atoms with Crippen LogP contribution in [0, 0.1) is 0 Å². The minimum atomic E-state index is -1.21. The largest absolute Gasteiger partial charge is 0.508 e. The van der Waals surface area contributed by atoms with Crippen LogP contribution in [0.15, 0.2) is 89.9 Å². The van der Waals surface area contributed by atoms with E-state index in [4.69, 9.17) is 22.9 Å². The number of hydrogen-bond acceptors (Lipinski definition) is 11. The lowest BCUT2D eigenvalue weighted by Gasteiger charge is -2.26. The van der Waals surface area contributed by atoms with E-state index in [1.807, 2.05) is 6.26 Å². The van der Waals surface area contributed by atoms with Gasteiger partial charge < -0.3 is 59.9 Å². The van der Waals surface area contributed by atoms with Gasteiger partial charge in [0.2, 0.25) is 41.4 Å². The molecule has 62 heavy (non-hydrogen) atoms. The van der Waals surface area contributed by atoms with Crippen molar-refractivity contribution in [2.75, 3.05) is 31.6 Å². The molecule has 0 aliphatic rings. The second-order valence-electron chi connectivity index (χ2n) is 14.3. The first-order valence-corrected chi connectivity index (χ1v) is 21.2. The van der Waals surface area contributed by atoms with Crippen LogP contribution < -0.4 is 54.8 Å². The summed E-state index contributed by atoms with van der Waals surface area (Å²) in [4.78, 5) is 96.1. The predicted molar refractivity (Wildman–Crippen MR) is 236 cm³/mol. The molecule has 3 aromatic carbocycles. The number of amides is 7. The fourth-order valence-corrected chi connectivity index (χ4v) is 6.46. The number of benzene rings is 3. The summed E-state index contributed by atoms with van der Waals surface area (Å²) < 4.78 is 0. The summed E-state index contributed by atoms with van der Waals surface area (Å²) in [6.07, 6.45) is 2.57. The molecular weight excluding hydrogens is 819 g/mol. The molecule has 19 nitrogen and oxygen atoms in total. The van der Waals surface area contributed by atoms with Crippen LogP contribution in [0.5, 0.6) is 5.75 Å². The first-order chi connectivity index (χ1) is 29.6. The molecule has 5 atom stereocenters. The number of carbonyl (C=O) groups is 7. The zero-order valence-electron chi connectivity index (χ0n) is 34.5. The Morgan fingerprint density at radius 1 is 0.597 bits per heavy atom. The van der Waals surface area contributed by atoms with E-state index >= 15 is 0 Å². The lowest BCUT2D eigenvalue weighted by molar-refractivity contribution is -0.134. The molecule has 334 valence electrons. The maximum atomic E-state index is 13.9. The van der Waals surface area contributed by atoms with Gasteiger partial charge in [-0.05, 0) is 66.5 Å². The van der Waals surface area contributed by atoms with Crippen molar-refractivity contribution in [3.05, 3.63) is 102 Å². The monoisotopic (exact) mass is 875 g/mol. The van der Waals surface area contributed by atoms with Gasteiger partial charge in [-0.2, -0.15) is 11.8 Å². The van der Waals surface area contributed by atoms with Gasteiger partial charge >= 0.3 is 0 Å². The highest BCUT2D eigenvalue weighted by atomic mass is 32.2. The van der Waals surface area contributed by atoms with Crippen molar-refractivity contribution in [1.82, 2.24) is 31.9 Å². The Bertz CT molecular complexity index is 1970. The molecule has 0 saturated heterocycles. The smallest absolute Gasteiger partial charge is 0.243 e. The first kappa shape index (κ1) is 49.7. The predicted octanol–water partition coefficient (Wildman–Crippen LogP) is -1.79. The molecular formula is C42H57N11O8S. The number of primary amides is 1. The summed E-state index contributed by atoms with van der Waals surface area (Å²) in [5, 5.41) is 25.0. The fraction of sp³-hybridized carbons (Fsp3) is 0.381. The van der Waals surface area contributed by atoms with Gasteiger partial charge in [0.1, 0.15) is 29.9 Å². The van der Waals surface area contributed by atoms with Gasteiger partial charge in [-0.15, -0.1) is 0 Å². The van der Waals surface area contributed by atoms with E-state index in [9.17, 15) is 38.7 Å². The number of rotatable bonds is 26. The molecule has 0 bridgehead atoms. The molecule has 5 unspecified atom stereocenters. The maximum absolute atomic E-state index is 13.9. The van der Waals surface area contributed by atoms with Crippen molar-refractivity contribution in [2.24, 2.45) is 27.9 Å². The van der Waals surface area contributed by atoms with Crippen molar-refractivity contribution in [3.63, 3.8) is 0 Å². The standard InChI is InChI=1S/C42H57N11O8S/c1-62-20-18-32(40(60)51-31(13-8-19-47-42(45)46)39(59)53-33(37(44)57)22-26-9-4-2-5-10-26)52-41(61)34(23-27-11-6-3-7-12-27)50-36(56)25-48-35(55)24-49-38(58)30(43)21-28-14-16-29(54)17-15-28/h2-7,9-12,14-17,30-34,54H,8,13,18-25,43H2,1H3,(H2,44,57)(H,48,55)(H,49,58)(H,50,56)(H,51,60)(H,52,61)(H,53,59)(H4,45,46,47). The highest BCUT2D eigenvalue weighted by Gasteiger charge is 2.31. The fourth-order valence-electron chi connectivity index (χ4n) is 5.99. The topological polar surface area (TPSA) is 328 Å². The molecule has 0 saturated carbocycles. The molecule has 15 N–H and O–H groups in total. The second-order valence-corrected chi connectivity index (χ2v) is 15.3. The van der Waals surface area contributed by atoms with Crippen LogP contribution in [-0.2, 0) is 52.8 Å². The van der Waals surface area contributed by atoms with Crippen LogP contribution in [0.25, 0.3) is 0 Å². The van der Waals surface area contributed by atoms with Gasteiger partial charge in [-0.1, -0.05) is 72.8 Å². The normalized spacial score (nSPS) is 13.1. The van der Waals surface area contributed by atoms with Crippen molar-refractivity contribution in [3.8, 4) is 5.75 Å². The Balaban J connectivity index is 1.69. The molecule has 0 fully saturated rings. The molecule has 3 rings (SSSR count). The van der Waals surface area contributed by atoms with Crippen LogP contribution in [0.3, 0.4) is 0 Å². The third kappa shape index (κ3) is 18.7. The lowest BCUT2D eigenvalue weighted by Crippen LogP contribution is -2.59. The highest BCUT2D eigenvalue weighted by molar-refractivity contribution is 7.98. The molecule has 0 aromatic heterocycles. The summed E-state index contributed by atoms with van der Waals surface area (Å²) in [6.45, 7) is -0.875. The molecule has 0 aliphatic heterocycles. The Hall–Kier alpha value is -6.67. The van der Waals surface area contributed by atoms with E-state index in [-0.39, 0.29) is 56.8 Å². The number of aromatic hydroxyl groups is 1. The van der Waals surface area contributed by atoms with E-state index in [2.05, 4.69) is 36.9 Å². The Labute approximate surface area is 364 Å². The van der Waals surface area contributed by atoms with E-state index in [0.29, 0.717) is 16.9 Å². The molecule has 0 heterocycles. The minimum Gasteiger partial charge on any atom is -0.508 e. The molecule has 7 amide bonds. The summed E-state index contributed by atoms with van der Waals surface area (Å²) in [5.74, 6) is -4.56. The molecule has 0 spiro atoms. The first-order valence-electron chi connectivity index (χ1n) is 19.8. The van der Waals surface area contributed by atoms with Crippen molar-refractivity contribution in [1.29, 1.82) is 0 Å². The molecule has 3 aromatic rings. The van der Waals surface area contributed by atoms with Gasteiger partial charge in [-0.3, -0.25) is 38.6 Å². The number of phenols is 1. The van der Waals surface area contributed by atoms with Crippen LogP contribution in [-0.4, -0.2) is 114 Å². The number of nitrogens with one attached hydrogen (secondary N) is 6. The Kier molecular flexibility index (Phi) is 21.3. The number of phenolic OH excluding ortho intramolecular Hbond substituents is 1. The quantitative estimate of drug-likeness (QED) is 0.0242. The number of carbonyl (C=O) groups excluding carboxylic acids is 7. The van der Waals surface area contributed by atoms with E-state index < -0.39 is 84.6 Å². The van der Waals surface area contributed by atoms with Crippen molar-refractivity contribution in [2.45, 2.75) is 68.7 Å². The number of guanidine groups is 1. The highest BCUT2D eigenvalue weighted by Crippen LogP contribution is 2.12. The average Bonchev–Trinajstić information content (AvgIpc) is 3.25. The Morgan fingerprint density at radius 2 is 1.10 bits per heavy atom. The SMILES string of the molecule is CSCCC(NC(=O)C(Cc1ccccc1)NC(=O)CNC(=O)CNC(=O)C(N)Cc1ccc(O)cc1)C(=O)NC(CCCN=C(N)N)C(=O)NC(Cc1ccccc1)C(N)=O. The number of hydrogen-bond donors (Lipinski definition) is 11. The van der Waals surface area contributed by atoms with Crippen molar-refractivity contribution < 1.29 is 38.7 Å². The van der Waals surface area contributed by atoms with Gasteiger partial charge in [-0.25, -0.2) is 0 Å². The third-order valence-electron chi connectivity index (χ3n) is 9.30. The Morgan fingerprint density at radius 3 is 1.65 bits per heavy atom. The maximum Gasteiger partial charge on any atom is 0.243 e. The number of thioether (sulfide) groups is 1. The number of nitrogens with zero attached hydrogens (tertiary/aromatic N) is 1. The molecule has 0 aliphatic carbocycles. The van der Waals surface area contributed by atoms with Crippen LogP contribution in [0.4, 0.5) is 0 Å². The van der Waals surface area contributed by atoms with Gasteiger partial charge in [0.05, 0.1) is 19.1 Å². The van der Waals surface area contributed by atoms with Gasteiger partial charge in [0.25, 0.3) is 0 Å². The molecule has 20 heteroatoms. The van der Waals surface area contributed by atoms with Gasteiger partial charge in [0.15, 0.2) is 5.96 Å². The zero-order chi connectivity index (χ0) is 45.4. The molecule has 0 radical (unpaired) electrons. The van der Waals surface area contributed by atoms with Crippen LogP contribution in [0.1, 0.15) is 36.0 Å². The minimum absolute atomic E-state index is 0.0178. The number of nitrogens with two attached hydrogens (primary N) is 4. The second kappa shape index (κ2) is 26.5. The number of aliphatic imine (C=N–C) groups is 1. The van der Waals surface area contributed by atoms with E-state index in [1.54, 1.807) is 72.8 Å². The van der Waals surface area contributed by atoms with E-state index in [0.717, 1.165) is 5.56 Å². The lowest BCUT2D eigenvalue weighted by atomic mass is 10.0. The summed E-state index contributed by atoms with van der Waals surface area (Å²) >= 11 is 1.42. The van der Waals surface area contributed by atoms with Crippen LogP contribution in [0.2, 0.25) is 0 Å². The van der Waals surface area contributed by atoms with E-state index in [1.165, 1.54) is 23.9 Å². The summed E-state index contributed by atoms with van der Waals surface area (Å²) in [6, 6.07) is 18.3. The summed E-state index contributed by atoms with van der Waals surface area (Å²) in [7, 11) is 0. The van der Waals surface area contributed by atoms with Gasteiger partial charge in [0, 0.05) is 19.4 Å². The van der Waals surface area contributed by atoms with Crippen LogP contribution >= 0.6 is 11.8 Å². The van der Waals surface area contributed by atoms with Crippen molar-refractivity contribution >= 4 is 59.1 Å². The zero-order valence-corrected chi connectivity index (χ0v) is 35.3. The summed E-state index contributed by atoms with van der Waals surface area (Å²) in [5.41, 5.74) is 24.7. The average molecular weight is 876 g/mol. The third-order valence-corrected chi connectivity index (χ3v) is 9.94.